The van der Waals surface area contributed by atoms with Crippen LogP contribution in [0.5, 0.6) is 0 Å². The monoisotopic (exact) mass is 436 g/mol. The Labute approximate surface area is 172 Å². The Kier molecular flexibility index (Phi) is 7.82. The van der Waals surface area contributed by atoms with Crippen LogP contribution < -0.4 is 10.2 Å². The molecule has 0 aromatic heterocycles. The van der Waals surface area contributed by atoms with E-state index in [1.165, 1.54) is 12.1 Å². The number of hydrogen-bond acceptors (Lipinski definition) is 3. The molecule has 2 fully saturated rings. The van der Waals surface area contributed by atoms with Crippen molar-refractivity contribution < 1.29 is 4.74 Å². The van der Waals surface area contributed by atoms with Gasteiger partial charge in [-0.05, 0) is 63.3 Å². The molecule has 5 nitrogen and oxygen atoms in total. The highest BCUT2D eigenvalue weighted by molar-refractivity contribution is 9.10. The molecular weight excluding hydrogens is 404 g/mol. The Balaban J connectivity index is 1.52. The van der Waals surface area contributed by atoms with Crippen LogP contribution in [0.3, 0.4) is 0 Å². The summed E-state index contributed by atoms with van der Waals surface area (Å²) in [4.78, 5) is 9.87. The molecule has 6 heteroatoms. The smallest absolute Gasteiger partial charge is 0.193 e. The molecule has 150 valence electrons. The van der Waals surface area contributed by atoms with Crippen LogP contribution in [0.1, 0.15) is 33.1 Å². The number of guanidine groups is 1. The lowest BCUT2D eigenvalue weighted by molar-refractivity contribution is 0.0263. The summed E-state index contributed by atoms with van der Waals surface area (Å²) in [5, 5.41) is 3.49. The van der Waals surface area contributed by atoms with Crippen LogP contribution in [0.4, 0.5) is 5.69 Å². The number of piperidine rings is 1. The Bertz CT molecular complexity index is 599. The molecule has 1 aromatic carbocycles. The second-order valence-corrected chi connectivity index (χ2v) is 8.33. The number of anilines is 1. The Hall–Kier alpha value is -1.27. The quantitative estimate of drug-likeness (QED) is 0.544. The second kappa shape index (κ2) is 10.3. The summed E-state index contributed by atoms with van der Waals surface area (Å²) < 4.78 is 6.91. The number of rotatable bonds is 6. The van der Waals surface area contributed by atoms with Gasteiger partial charge < -0.3 is 19.9 Å². The highest BCUT2D eigenvalue weighted by atomic mass is 79.9. The first-order valence-electron chi connectivity index (χ1n) is 10.3. The standard InChI is InChI=1S/C21H33BrN4O/c1-3-23-21(25-13-10-20(11-14-25)27-4-2)24-15-17-9-12-26(16-17)19-7-5-18(22)6-8-19/h5-8,17,20H,3-4,9-16H2,1-2H3,(H,23,24). The van der Waals surface area contributed by atoms with E-state index in [2.05, 4.69) is 69.2 Å². The molecule has 1 aromatic rings. The zero-order chi connectivity index (χ0) is 19.1. The van der Waals surface area contributed by atoms with E-state index in [1.807, 2.05) is 0 Å². The van der Waals surface area contributed by atoms with E-state index >= 15 is 0 Å². The molecule has 1 unspecified atom stereocenters. The summed E-state index contributed by atoms with van der Waals surface area (Å²) in [5.41, 5.74) is 1.31. The fourth-order valence-corrected chi connectivity index (χ4v) is 4.24. The lowest BCUT2D eigenvalue weighted by atomic mass is 10.1. The summed E-state index contributed by atoms with van der Waals surface area (Å²) in [7, 11) is 0. The molecule has 27 heavy (non-hydrogen) atoms. The molecule has 0 amide bonds. The summed E-state index contributed by atoms with van der Waals surface area (Å²) in [6.45, 7) is 11.1. The van der Waals surface area contributed by atoms with Gasteiger partial charge in [-0.2, -0.15) is 0 Å². The molecule has 2 aliphatic heterocycles. The van der Waals surface area contributed by atoms with Crippen molar-refractivity contribution in [1.82, 2.24) is 10.2 Å². The second-order valence-electron chi connectivity index (χ2n) is 7.41. The van der Waals surface area contributed by atoms with Gasteiger partial charge in [0.05, 0.1) is 6.10 Å². The number of halogens is 1. The van der Waals surface area contributed by atoms with E-state index in [-0.39, 0.29) is 0 Å². The number of aliphatic imine (C=N–C) groups is 1. The Morgan fingerprint density at radius 2 is 1.89 bits per heavy atom. The zero-order valence-corrected chi connectivity index (χ0v) is 18.2. The maximum Gasteiger partial charge on any atom is 0.193 e. The fourth-order valence-electron chi connectivity index (χ4n) is 3.98. The first-order chi connectivity index (χ1) is 13.2. The van der Waals surface area contributed by atoms with Crippen molar-refractivity contribution in [2.75, 3.05) is 50.8 Å². The third kappa shape index (κ3) is 5.85. The van der Waals surface area contributed by atoms with Crippen molar-refractivity contribution in [2.24, 2.45) is 10.9 Å². The van der Waals surface area contributed by atoms with Crippen LogP contribution in [0.25, 0.3) is 0 Å². The van der Waals surface area contributed by atoms with Crippen LogP contribution in [-0.2, 0) is 4.74 Å². The predicted molar refractivity (Wildman–Crippen MR) is 117 cm³/mol. The average molecular weight is 437 g/mol. The van der Waals surface area contributed by atoms with Gasteiger partial charge in [0.2, 0.25) is 0 Å². The molecule has 0 aliphatic carbocycles. The Morgan fingerprint density at radius 1 is 1.15 bits per heavy atom. The predicted octanol–water partition coefficient (Wildman–Crippen LogP) is 3.74. The average Bonchev–Trinajstić information content (AvgIpc) is 3.16. The Morgan fingerprint density at radius 3 is 2.56 bits per heavy atom. The van der Waals surface area contributed by atoms with E-state index < -0.39 is 0 Å². The molecule has 1 atom stereocenters. The third-order valence-electron chi connectivity index (χ3n) is 5.46. The van der Waals surface area contributed by atoms with Crippen molar-refractivity contribution in [3.05, 3.63) is 28.7 Å². The molecule has 2 heterocycles. The lowest BCUT2D eigenvalue weighted by Crippen LogP contribution is -2.47. The fraction of sp³-hybridized carbons (Fsp3) is 0.667. The van der Waals surface area contributed by atoms with Gasteiger partial charge >= 0.3 is 0 Å². The molecule has 0 spiro atoms. The molecule has 0 radical (unpaired) electrons. The van der Waals surface area contributed by atoms with E-state index in [4.69, 9.17) is 9.73 Å². The summed E-state index contributed by atoms with van der Waals surface area (Å²) in [5.74, 6) is 1.71. The van der Waals surface area contributed by atoms with E-state index in [1.54, 1.807) is 0 Å². The first kappa shape index (κ1) is 20.5. The highest BCUT2D eigenvalue weighted by Gasteiger charge is 2.24. The van der Waals surface area contributed by atoms with Crippen molar-refractivity contribution in [3.8, 4) is 0 Å². The summed E-state index contributed by atoms with van der Waals surface area (Å²) >= 11 is 3.52. The van der Waals surface area contributed by atoms with Gasteiger partial charge in [-0.3, -0.25) is 4.99 Å². The minimum absolute atomic E-state index is 0.420. The molecule has 0 saturated carbocycles. The molecule has 0 bridgehead atoms. The minimum Gasteiger partial charge on any atom is -0.378 e. The molecule has 3 rings (SSSR count). The topological polar surface area (TPSA) is 40.1 Å². The van der Waals surface area contributed by atoms with Crippen LogP contribution >= 0.6 is 15.9 Å². The van der Waals surface area contributed by atoms with Crippen molar-refractivity contribution in [2.45, 2.75) is 39.2 Å². The summed E-state index contributed by atoms with van der Waals surface area (Å²) in [6, 6.07) is 8.64. The maximum atomic E-state index is 5.78. The first-order valence-corrected chi connectivity index (χ1v) is 11.1. The van der Waals surface area contributed by atoms with Crippen LogP contribution in [0.15, 0.2) is 33.7 Å². The van der Waals surface area contributed by atoms with E-state index in [9.17, 15) is 0 Å². The zero-order valence-electron chi connectivity index (χ0n) is 16.7. The SMILES string of the molecule is CCNC(=NCC1CCN(c2ccc(Br)cc2)C1)N1CCC(OCC)CC1. The van der Waals surface area contributed by atoms with E-state index in [0.29, 0.717) is 12.0 Å². The van der Waals surface area contributed by atoms with Gasteiger partial charge in [0.25, 0.3) is 0 Å². The van der Waals surface area contributed by atoms with Crippen molar-refractivity contribution in [3.63, 3.8) is 0 Å². The molecule has 1 N–H and O–H groups in total. The van der Waals surface area contributed by atoms with Crippen molar-refractivity contribution >= 4 is 27.6 Å². The van der Waals surface area contributed by atoms with E-state index in [0.717, 1.165) is 69.1 Å². The van der Waals surface area contributed by atoms with Gasteiger partial charge in [0, 0.05) is 56.0 Å². The van der Waals surface area contributed by atoms with Gasteiger partial charge in [-0.15, -0.1) is 0 Å². The summed E-state index contributed by atoms with van der Waals surface area (Å²) in [6.07, 6.45) is 3.83. The normalized spacial score (nSPS) is 21.7. The minimum atomic E-state index is 0.420. The number of hydrogen-bond donors (Lipinski definition) is 1. The lowest BCUT2D eigenvalue weighted by Gasteiger charge is -2.34. The third-order valence-corrected chi connectivity index (χ3v) is 5.98. The number of ether oxygens (including phenoxy) is 1. The van der Waals surface area contributed by atoms with Crippen LogP contribution in [0, 0.1) is 5.92 Å². The van der Waals surface area contributed by atoms with Gasteiger partial charge in [-0.1, -0.05) is 15.9 Å². The van der Waals surface area contributed by atoms with Gasteiger partial charge in [0.1, 0.15) is 0 Å². The molecular formula is C21H33BrN4O. The molecule has 2 aliphatic rings. The van der Waals surface area contributed by atoms with Gasteiger partial charge in [0.15, 0.2) is 5.96 Å². The number of likely N-dealkylation sites (tertiary alicyclic amines) is 1. The van der Waals surface area contributed by atoms with Crippen LogP contribution in [0.2, 0.25) is 0 Å². The highest BCUT2D eigenvalue weighted by Crippen LogP contribution is 2.25. The number of nitrogens with zero attached hydrogens (tertiary/aromatic N) is 3. The number of benzene rings is 1. The van der Waals surface area contributed by atoms with Crippen molar-refractivity contribution in [1.29, 1.82) is 0 Å². The molecule has 2 saturated heterocycles. The largest absolute Gasteiger partial charge is 0.378 e. The number of nitrogens with one attached hydrogen (secondary N) is 1. The van der Waals surface area contributed by atoms with Crippen LogP contribution in [-0.4, -0.2) is 62.8 Å². The maximum absolute atomic E-state index is 5.78. The van der Waals surface area contributed by atoms with Gasteiger partial charge in [-0.25, -0.2) is 0 Å².